The number of unbranched alkanes of at least 4 members (excludes halogenated alkanes) is 1. The molecule has 0 heteroatoms. The Morgan fingerprint density at radius 3 is 2.36 bits per heavy atom. The van der Waals surface area contributed by atoms with Crippen LogP contribution in [0.5, 0.6) is 0 Å². The van der Waals surface area contributed by atoms with Crippen LogP contribution < -0.4 is 0 Å². The van der Waals surface area contributed by atoms with Crippen molar-refractivity contribution < 1.29 is 0 Å². The Hall–Kier alpha value is -0.780. The minimum Gasteiger partial charge on any atom is -0.0648 e. The molecule has 0 heterocycles. The van der Waals surface area contributed by atoms with Gasteiger partial charge in [-0.3, -0.25) is 0 Å². The van der Waals surface area contributed by atoms with Crippen molar-refractivity contribution in [3.63, 3.8) is 0 Å². The summed E-state index contributed by atoms with van der Waals surface area (Å²) in [6, 6.07) is 9.67. The third-order valence-corrected chi connectivity index (χ3v) is 7.96. The molecule has 3 saturated carbocycles. The summed E-state index contributed by atoms with van der Waals surface area (Å²) >= 11 is 0. The van der Waals surface area contributed by atoms with Crippen LogP contribution in [-0.4, -0.2) is 0 Å². The van der Waals surface area contributed by atoms with E-state index < -0.39 is 0 Å². The highest BCUT2D eigenvalue weighted by Gasteiger charge is 2.47. The number of rotatable bonds is 10. The van der Waals surface area contributed by atoms with E-state index in [1.54, 1.807) is 18.4 Å². The second-order valence-electron chi connectivity index (χ2n) is 11.8. The smallest absolute Gasteiger partial charge is 0.0193 e. The van der Waals surface area contributed by atoms with Gasteiger partial charge in [0.15, 0.2) is 0 Å². The first-order chi connectivity index (χ1) is 13.3. The molecule has 2 atom stereocenters. The molecule has 0 radical (unpaired) electrons. The minimum atomic E-state index is 0.491. The largest absolute Gasteiger partial charge is 0.0648 e. The second-order valence-corrected chi connectivity index (χ2v) is 11.8. The molecule has 0 aliphatic heterocycles. The molecule has 0 N–H and O–H groups in total. The summed E-state index contributed by atoms with van der Waals surface area (Å²) in [5.41, 5.74) is 4.33. The molecule has 0 amide bonds. The maximum atomic E-state index is 2.44. The first kappa shape index (κ1) is 21.9. The molecule has 0 nitrogen and oxygen atoms in total. The van der Waals surface area contributed by atoms with E-state index in [0.29, 0.717) is 11.3 Å². The molecular weight excluding hydrogens is 336 g/mol. The molecule has 2 bridgehead atoms. The van der Waals surface area contributed by atoms with E-state index in [2.05, 4.69) is 58.9 Å². The lowest BCUT2D eigenvalue weighted by Crippen LogP contribution is -2.42. The third-order valence-electron chi connectivity index (χ3n) is 7.96. The molecule has 28 heavy (non-hydrogen) atoms. The van der Waals surface area contributed by atoms with Crippen molar-refractivity contribution in [1.82, 2.24) is 0 Å². The first-order valence-corrected chi connectivity index (χ1v) is 12.4. The van der Waals surface area contributed by atoms with E-state index in [4.69, 9.17) is 0 Å². The Balaban J connectivity index is 1.58. The van der Waals surface area contributed by atoms with Crippen LogP contribution >= 0.6 is 0 Å². The van der Waals surface area contributed by atoms with Crippen molar-refractivity contribution in [2.45, 2.75) is 118 Å². The van der Waals surface area contributed by atoms with E-state index in [9.17, 15) is 0 Å². The second kappa shape index (κ2) is 9.36. The molecule has 0 aromatic heterocycles. The lowest BCUT2D eigenvalue weighted by molar-refractivity contribution is -0.0267. The highest BCUT2D eigenvalue weighted by molar-refractivity contribution is 5.25. The standard InChI is InChI=1S/C28H46/c1-6-22(2)26-14-12-23(13-15-26)18-24(10-7-8-16-27(3,4)5)19-28-17-9-11-25(20-28)21-28/h12-15,22,24-25H,6-11,16-21H2,1-5H3. The predicted octanol–water partition coefficient (Wildman–Crippen LogP) is 8.94. The minimum absolute atomic E-state index is 0.491. The zero-order valence-electron chi connectivity index (χ0n) is 19.5. The summed E-state index contributed by atoms with van der Waals surface area (Å²) in [6.07, 6.45) is 17.3. The maximum Gasteiger partial charge on any atom is -0.0193 e. The molecule has 3 aliphatic rings. The Labute approximate surface area is 175 Å². The van der Waals surface area contributed by atoms with Crippen LogP contribution in [0.25, 0.3) is 0 Å². The van der Waals surface area contributed by atoms with Gasteiger partial charge >= 0.3 is 0 Å². The van der Waals surface area contributed by atoms with Crippen molar-refractivity contribution in [3.8, 4) is 0 Å². The lowest BCUT2D eigenvalue weighted by atomic mass is 9.51. The molecule has 0 saturated heterocycles. The summed E-state index contributed by atoms with van der Waals surface area (Å²) in [7, 11) is 0. The fourth-order valence-electron chi connectivity index (χ4n) is 6.14. The van der Waals surface area contributed by atoms with Crippen LogP contribution in [0.1, 0.15) is 122 Å². The predicted molar refractivity (Wildman–Crippen MR) is 124 cm³/mol. The Bertz CT molecular complexity index is 576. The topological polar surface area (TPSA) is 0 Å². The summed E-state index contributed by atoms with van der Waals surface area (Å²) in [6.45, 7) is 11.8. The van der Waals surface area contributed by atoms with Crippen LogP contribution in [0, 0.1) is 22.7 Å². The molecular formula is C28H46. The quantitative estimate of drug-likeness (QED) is 0.354. The van der Waals surface area contributed by atoms with E-state index >= 15 is 0 Å². The number of fused-ring (bicyclic) bond motifs is 2. The maximum absolute atomic E-state index is 2.44. The average molecular weight is 383 g/mol. The van der Waals surface area contributed by atoms with Crippen LogP contribution in [0.4, 0.5) is 0 Å². The van der Waals surface area contributed by atoms with Crippen LogP contribution in [0.3, 0.4) is 0 Å². The van der Waals surface area contributed by atoms with Gasteiger partial charge < -0.3 is 0 Å². The fourth-order valence-corrected chi connectivity index (χ4v) is 6.14. The van der Waals surface area contributed by atoms with E-state index in [0.717, 1.165) is 17.3 Å². The zero-order chi connectivity index (χ0) is 20.2. The van der Waals surface area contributed by atoms with Gasteiger partial charge in [-0.2, -0.15) is 0 Å². The molecule has 3 aliphatic carbocycles. The van der Waals surface area contributed by atoms with Gasteiger partial charge in [0, 0.05) is 0 Å². The van der Waals surface area contributed by atoms with Crippen molar-refractivity contribution in [3.05, 3.63) is 35.4 Å². The molecule has 0 spiro atoms. The number of hydrogen-bond donors (Lipinski definition) is 0. The summed E-state index contributed by atoms with van der Waals surface area (Å²) in [5.74, 6) is 2.67. The monoisotopic (exact) mass is 382 g/mol. The summed E-state index contributed by atoms with van der Waals surface area (Å²) in [5, 5.41) is 0. The molecule has 1 aromatic rings. The molecule has 2 unspecified atom stereocenters. The van der Waals surface area contributed by atoms with Gasteiger partial charge in [-0.15, -0.1) is 0 Å². The Kier molecular flexibility index (Phi) is 7.32. The number of hydrogen-bond acceptors (Lipinski definition) is 0. The Morgan fingerprint density at radius 1 is 1.07 bits per heavy atom. The average Bonchev–Trinajstić information content (AvgIpc) is 2.64. The van der Waals surface area contributed by atoms with Gasteiger partial charge in [-0.05, 0) is 84.7 Å². The highest BCUT2D eigenvalue weighted by Crippen LogP contribution is 2.59. The first-order valence-electron chi connectivity index (χ1n) is 12.4. The zero-order valence-corrected chi connectivity index (χ0v) is 19.5. The van der Waals surface area contributed by atoms with Crippen molar-refractivity contribution in [2.75, 3.05) is 0 Å². The van der Waals surface area contributed by atoms with Crippen LogP contribution in [0.2, 0.25) is 0 Å². The normalized spacial score (nSPS) is 26.5. The van der Waals surface area contributed by atoms with Crippen molar-refractivity contribution >= 4 is 0 Å². The highest BCUT2D eigenvalue weighted by atomic mass is 14.5. The van der Waals surface area contributed by atoms with E-state index in [1.807, 2.05) is 0 Å². The fraction of sp³-hybridized carbons (Fsp3) is 0.786. The van der Waals surface area contributed by atoms with Crippen LogP contribution in [0.15, 0.2) is 24.3 Å². The van der Waals surface area contributed by atoms with E-state index in [-0.39, 0.29) is 0 Å². The molecule has 1 aromatic carbocycles. The SMILES string of the molecule is CCC(C)c1ccc(CC(CCCCC(C)(C)C)CC23CCCC(C2)C3)cc1. The Morgan fingerprint density at radius 2 is 1.79 bits per heavy atom. The summed E-state index contributed by atoms with van der Waals surface area (Å²) in [4.78, 5) is 0. The lowest BCUT2D eigenvalue weighted by Gasteiger charge is -2.54. The number of benzene rings is 1. The van der Waals surface area contributed by atoms with E-state index in [1.165, 1.54) is 69.8 Å². The summed E-state index contributed by atoms with van der Waals surface area (Å²) < 4.78 is 0. The molecule has 3 fully saturated rings. The van der Waals surface area contributed by atoms with Gasteiger partial charge in [0.05, 0.1) is 0 Å². The van der Waals surface area contributed by atoms with Gasteiger partial charge in [-0.25, -0.2) is 0 Å². The van der Waals surface area contributed by atoms with Gasteiger partial charge in [0.2, 0.25) is 0 Å². The van der Waals surface area contributed by atoms with Crippen LogP contribution in [-0.2, 0) is 6.42 Å². The van der Waals surface area contributed by atoms with Crippen molar-refractivity contribution in [2.24, 2.45) is 22.7 Å². The van der Waals surface area contributed by atoms with Gasteiger partial charge in [0.1, 0.15) is 0 Å². The molecule has 158 valence electrons. The van der Waals surface area contributed by atoms with Gasteiger partial charge in [0.25, 0.3) is 0 Å². The van der Waals surface area contributed by atoms with Crippen molar-refractivity contribution in [1.29, 1.82) is 0 Å². The molecule has 4 rings (SSSR count). The van der Waals surface area contributed by atoms with Gasteiger partial charge in [-0.1, -0.05) is 91.0 Å². The third kappa shape index (κ3) is 6.11.